The van der Waals surface area contributed by atoms with Crippen LogP contribution >= 0.6 is 11.6 Å². The minimum absolute atomic E-state index is 0.0382. The first-order valence-electron chi connectivity index (χ1n) is 5.63. The lowest BCUT2D eigenvalue weighted by atomic mass is 10.3. The summed E-state index contributed by atoms with van der Waals surface area (Å²) in [6.45, 7) is 5.04. The maximum atomic E-state index is 11.3. The summed E-state index contributed by atoms with van der Waals surface area (Å²) >= 11 is 5.79. The van der Waals surface area contributed by atoms with E-state index < -0.39 is 0 Å². The van der Waals surface area contributed by atoms with Crippen LogP contribution in [0.15, 0.2) is 6.07 Å². The van der Waals surface area contributed by atoms with Gasteiger partial charge in [-0.05, 0) is 13.3 Å². The Labute approximate surface area is 106 Å². The lowest BCUT2D eigenvalue weighted by molar-refractivity contribution is -0.120. The average molecular weight is 257 g/mol. The van der Waals surface area contributed by atoms with E-state index in [0.29, 0.717) is 29.8 Å². The lowest BCUT2D eigenvalue weighted by Gasteiger charge is -2.06. The average Bonchev–Trinajstić information content (AvgIpc) is 2.25. The molecule has 0 spiro atoms. The predicted molar refractivity (Wildman–Crippen MR) is 68.2 cm³/mol. The maximum absolute atomic E-state index is 11.3. The maximum Gasteiger partial charge on any atom is 0.221 e. The summed E-state index contributed by atoms with van der Waals surface area (Å²) in [6.07, 6.45) is 1.36. The number of hydrogen-bond donors (Lipinski definition) is 2. The van der Waals surface area contributed by atoms with E-state index in [2.05, 4.69) is 20.6 Å². The van der Waals surface area contributed by atoms with Gasteiger partial charge in [-0.2, -0.15) is 0 Å². The van der Waals surface area contributed by atoms with Gasteiger partial charge in [-0.3, -0.25) is 4.79 Å². The van der Waals surface area contributed by atoms with Crippen LogP contribution < -0.4 is 10.6 Å². The number of halogens is 1. The first kappa shape index (κ1) is 13.7. The molecule has 0 fully saturated rings. The molecule has 0 unspecified atom stereocenters. The monoisotopic (exact) mass is 256 g/mol. The summed E-state index contributed by atoms with van der Waals surface area (Å²) in [5.41, 5.74) is 0. The summed E-state index contributed by atoms with van der Waals surface area (Å²) in [5, 5.41) is 6.24. The van der Waals surface area contributed by atoms with Crippen LogP contribution in [0.1, 0.15) is 25.6 Å². The summed E-state index contributed by atoms with van der Waals surface area (Å²) in [5.74, 6) is 1.29. The molecule has 1 aromatic heterocycles. The first-order valence-corrected chi connectivity index (χ1v) is 6.01. The number of aryl methyl sites for hydroxylation is 1. The number of aromatic nitrogens is 2. The highest BCUT2D eigenvalue weighted by molar-refractivity contribution is 6.29. The molecule has 0 aromatic carbocycles. The number of nitrogens with zero attached hydrogens (tertiary/aromatic N) is 2. The normalized spacial score (nSPS) is 10.1. The van der Waals surface area contributed by atoms with Gasteiger partial charge < -0.3 is 10.6 Å². The van der Waals surface area contributed by atoms with Crippen LogP contribution in [-0.4, -0.2) is 29.0 Å². The third-order valence-corrected chi connectivity index (χ3v) is 2.23. The second-order valence-corrected chi connectivity index (χ2v) is 4.04. The molecular formula is C11H17ClN4O. The van der Waals surface area contributed by atoms with Crippen LogP contribution in [0.3, 0.4) is 0 Å². The fourth-order valence-electron chi connectivity index (χ4n) is 1.28. The fourth-order valence-corrected chi connectivity index (χ4v) is 1.50. The molecule has 0 saturated heterocycles. The van der Waals surface area contributed by atoms with Gasteiger partial charge in [-0.15, -0.1) is 0 Å². The molecule has 17 heavy (non-hydrogen) atoms. The molecule has 0 bridgehead atoms. The zero-order valence-electron chi connectivity index (χ0n) is 10.1. The molecule has 1 heterocycles. The Hall–Kier alpha value is -1.36. The van der Waals surface area contributed by atoms with E-state index in [1.54, 1.807) is 13.0 Å². The van der Waals surface area contributed by atoms with Crippen LogP contribution in [0.4, 0.5) is 5.82 Å². The second-order valence-electron chi connectivity index (χ2n) is 3.65. The Morgan fingerprint density at radius 1 is 1.41 bits per heavy atom. The quantitative estimate of drug-likeness (QED) is 0.762. The molecule has 6 heteroatoms. The highest BCUT2D eigenvalue weighted by Gasteiger charge is 2.02. The molecule has 2 N–H and O–H groups in total. The highest BCUT2D eigenvalue weighted by Crippen LogP contribution is 2.10. The van der Waals surface area contributed by atoms with Crippen molar-refractivity contribution in [2.75, 3.05) is 18.4 Å². The van der Waals surface area contributed by atoms with E-state index in [9.17, 15) is 4.79 Å². The first-order chi connectivity index (χ1) is 8.11. The predicted octanol–water partition coefficient (Wildman–Crippen LogP) is 1.77. The number of carbonyl (C=O) groups excluding carboxylic acids is 1. The van der Waals surface area contributed by atoms with Gasteiger partial charge >= 0.3 is 0 Å². The van der Waals surface area contributed by atoms with Crippen LogP contribution in [0, 0.1) is 6.92 Å². The molecular weight excluding hydrogens is 240 g/mol. The third kappa shape index (κ3) is 5.49. The minimum atomic E-state index is 0.0382. The zero-order chi connectivity index (χ0) is 12.7. The number of anilines is 1. The van der Waals surface area contributed by atoms with Crippen LogP contribution in [0.5, 0.6) is 0 Å². The van der Waals surface area contributed by atoms with Gasteiger partial charge in [0.15, 0.2) is 0 Å². The van der Waals surface area contributed by atoms with Crippen LogP contribution in [-0.2, 0) is 4.79 Å². The van der Waals surface area contributed by atoms with Gasteiger partial charge in [-0.1, -0.05) is 18.5 Å². The van der Waals surface area contributed by atoms with Crippen molar-refractivity contribution in [2.24, 2.45) is 0 Å². The van der Waals surface area contributed by atoms with E-state index in [-0.39, 0.29) is 5.91 Å². The zero-order valence-corrected chi connectivity index (χ0v) is 10.8. The van der Waals surface area contributed by atoms with Gasteiger partial charge in [0.25, 0.3) is 0 Å². The molecule has 0 saturated carbocycles. The van der Waals surface area contributed by atoms with Crippen molar-refractivity contribution < 1.29 is 4.79 Å². The molecule has 1 rings (SSSR count). The lowest BCUT2D eigenvalue weighted by Crippen LogP contribution is -2.26. The summed E-state index contributed by atoms with van der Waals surface area (Å²) in [4.78, 5) is 19.4. The largest absolute Gasteiger partial charge is 0.369 e. The molecule has 0 aliphatic rings. The Bertz CT molecular complexity index is 363. The number of amides is 1. The van der Waals surface area contributed by atoms with Crippen molar-refractivity contribution in [2.45, 2.75) is 26.7 Å². The topological polar surface area (TPSA) is 66.9 Å². The van der Waals surface area contributed by atoms with E-state index >= 15 is 0 Å². The molecule has 1 amide bonds. The Balaban J connectivity index is 2.33. The van der Waals surface area contributed by atoms with Crippen molar-refractivity contribution in [3.8, 4) is 0 Å². The van der Waals surface area contributed by atoms with E-state index in [0.717, 1.165) is 13.0 Å². The molecule has 0 aliphatic heterocycles. The number of nitrogens with one attached hydrogen (secondary N) is 2. The Morgan fingerprint density at radius 2 is 2.18 bits per heavy atom. The standard InChI is InChI=1S/C11H17ClN4O/c1-3-5-14-11(17)4-6-13-10-7-9(12)15-8(2)16-10/h7H,3-6H2,1-2H3,(H,14,17)(H,13,15,16). The van der Waals surface area contributed by atoms with Crippen molar-refractivity contribution >= 4 is 23.3 Å². The van der Waals surface area contributed by atoms with E-state index in [4.69, 9.17) is 11.6 Å². The van der Waals surface area contributed by atoms with Crippen LogP contribution in [0.25, 0.3) is 0 Å². The van der Waals surface area contributed by atoms with Gasteiger partial charge in [0.05, 0.1) is 0 Å². The molecule has 0 radical (unpaired) electrons. The van der Waals surface area contributed by atoms with E-state index in [1.165, 1.54) is 0 Å². The van der Waals surface area contributed by atoms with Gasteiger partial charge in [0.2, 0.25) is 5.91 Å². The molecule has 94 valence electrons. The number of rotatable bonds is 6. The van der Waals surface area contributed by atoms with Gasteiger partial charge in [0, 0.05) is 25.6 Å². The second kappa shape index (κ2) is 7.06. The minimum Gasteiger partial charge on any atom is -0.369 e. The number of carbonyl (C=O) groups is 1. The Kier molecular flexibility index (Phi) is 5.69. The van der Waals surface area contributed by atoms with Crippen molar-refractivity contribution in [1.29, 1.82) is 0 Å². The summed E-state index contributed by atoms with van der Waals surface area (Å²) in [7, 11) is 0. The molecule has 0 aliphatic carbocycles. The molecule has 5 nitrogen and oxygen atoms in total. The van der Waals surface area contributed by atoms with Crippen molar-refractivity contribution in [3.63, 3.8) is 0 Å². The summed E-state index contributed by atoms with van der Waals surface area (Å²) in [6, 6.07) is 1.64. The molecule has 1 aromatic rings. The highest BCUT2D eigenvalue weighted by atomic mass is 35.5. The molecule has 0 atom stereocenters. The van der Waals surface area contributed by atoms with Crippen molar-refractivity contribution in [3.05, 3.63) is 17.0 Å². The fraction of sp³-hybridized carbons (Fsp3) is 0.545. The smallest absolute Gasteiger partial charge is 0.221 e. The van der Waals surface area contributed by atoms with Crippen LogP contribution in [0.2, 0.25) is 5.15 Å². The van der Waals surface area contributed by atoms with Gasteiger partial charge in [-0.25, -0.2) is 9.97 Å². The van der Waals surface area contributed by atoms with Crippen molar-refractivity contribution in [1.82, 2.24) is 15.3 Å². The number of hydrogen-bond acceptors (Lipinski definition) is 4. The van der Waals surface area contributed by atoms with E-state index in [1.807, 2.05) is 6.92 Å². The Morgan fingerprint density at radius 3 is 2.82 bits per heavy atom. The third-order valence-electron chi connectivity index (χ3n) is 2.04. The van der Waals surface area contributed by atoms with Gasteiger partial charge in [0.1, 0.15) is 16.8 Å². The summed E-state index contributed by atoms with van der Waals surface area (Å²) < 4.78 is 0. The SMILES string of the molecule is CCCNC(=O)CCNc1cc(Cl)nc(C)n1.